The molecule has 0 saturated carbocycles. The zero-order chi connectivity index (χ0) is 15.6. The van der Waals surface area contributed by atoms with Crippen molar-refractivity contribution in [1.29, 1.82) is 0 Å². The normalized spacial score (nSPS) is 19.4. The monoisotopic (exact) mass is 312 g/mol. The van der Waals surface area contributed by atoms with E-state index < -0.39 is 0 Å². The molecule has 0 spiro atoms. The first kappa shape index (κ1) is 15.0. The molecule has 0 aromatic heterocycles. The van der Waals surface area contributed by atoms with Gasteiger partial charge < -0.3 is 9.47 Å². The number of rotatable bonds is 4. The van der Waals surface area contributed by atoms with Crippen molar-refractivity contribution in [3.63, 3.8) is 0 Å². The fraction of sp³-hybridized carbons (Fsp3) is 0.263. The van der Waals surface area contributed by atoms with Gasteiger partial charge in [0.25, 0.3) is 0 Å². The highest BCUT2D eigenvalue weighted by Crippen LogP contribution is 2.43. The quantitative estimate of drug-likeness (QED) is 0.721. The lowest BCUT2D eigenvalue weighted by molar-refractivity contribution is 0.0657. The van der Waals surface area contributed by atoms with Gasteiger partial charge in [0.15, 0.2) is 0 Å². The van der Waals surface area contributed by atoms with Gasteiger partial charge in [-0.15, -0.1) is 11.8 Å². The Morgan fingerprint density at radius 1 is 1.00 bits per heavy atom. The lowest BCUT2D eigenvalue weighted by Gasteiger charge is -2.28. The first-order valence-electron chi connectivity index (χ1n) is 7.35. The Labute approximate surface area is 136 Å². The number of para-hydroxylation sites is 1. The van der Waals surface area contributed by atoms with Crippen LogP contribution in [-0.2, 0) is 4.74 Å². The Bertz CT molecular complexity index is 660. The molecular formula is C19H20O2S. The Morgan fingerprint density at radius 2 is 1.68 bits per heavy atom. The summed E-state index contributed by atoms with van der Waals surface area (Å²) in [6.45, 7) is 4.19. The van der Waals surface area contributed by atoms with Gasteiger partial charge in [-0.3, -0.25) is 0 Å². The van der Waals surface area contributed by atoms with Gasteiger partial charge in [0.1, 0.15) is 23.4 Å². The second-order valence-electron chi connectivity index (χ2n) is 5.86. The fourth-order valence-corrected chi connectivity index (χ4v) is 3.17. The standard InChI is InChI=1S/C19H20O2S/c1-19(2)18(14-9-11-16(22-3)12-10-14)17(13-20-19)21-15-7-5-4-6-8-15/h4-13,18H,1-3H3. The summed E-state index contributed by atoms with van der Waals surface area (Å²) in [5.74, 6) is 1.78. The van der Waals surface area contributed by atoms with Gasteiger partial charge in [-0.2, -0.15) is 0 Å². The molecule has 2 aromatic carbocycles. The largest absolute Gasteiger partial charge is 0.491 e. The summed E-state index contributed by atoms with van der Waals surface area (Å²) in [6, 6.07) is 18.5. The molecule has 2 aromatic rings. The number of hydrogen-bond acceptors (Lipinski definition) is 3. The van der Waals surface area contributed by atoms with Gasteiger partial charge in [-0.05, 0) is 49.9 Å². The average molecular weight is 312 g/mol. The van der Waals surface area contributed by atoms with E-state index in [0.29, 0.717) is 0 Å². The lowest BCUT2D eigenvalue weighted by Crippen LogP contribution is -2.28. The highest BCUT2D eigenvalue weighted by molar-refractivity contribution is 7.98. The molecule has 114 valence electrons. The van der Waals surface area contributed by atoms with Gasteiger partial charge in [-0.25, -0.2) is 0 Å². The molecule has 1 atom stereocenters. The van der Waals surface area contributed by atoms with E-state index in [2.05, 4.69) is 44.4 Å². The minimum absolute atomic E-state index is 0.0867. The van der Waals surface area contributed by atoms with Crippen molar-refractivity contribution >= 4 is 11.8 Å². The Morgan fingerprint density at radius 3 is 2.32 bits per heavy atom. The average Bonchev–Trinajstić information content (AvgIpc) is 2.83. The topological polar surface area (TPSA) is 18.5 Å². The summed E-state index contributed by atoms with van der Waals surface area (Å²) in [6.07, 6.45) is 3.83. The zero-order valence-corrected chi connectivity index (χ0v) is 13.9. The van der Waals surface area contributed by atoms with Crippen molar-refractivity contribution in [2.45, 2.75) is 30.3 Å². The molecule has 22 heavy (non-hydrogen) atoms. The maximum absolute atomic E-state index is 6.07. The first-order chi connectivity index (χ1) is 10.6. The van der Waals surface area contributed by atoms with E-state index in [-0.39, 0.29) is 11.5 Å². The van der Waals surface area contributed by atoms with Crippen LogP contribution in [0.4, 0.5) is 0 Å². The summed E-state index contributed by atoms with van der Waals surface area (Å²) in [5.41, 5.74) is 0.896. The maximum atomic E-state index is 6.07. The van der Waals surface area contributed by atoms with Crippen LogP contribution in [-0.4, -0.2) is 11.9 Å². The molecule has 1 aliphatic rings. The molecule has 0 saturated heterocycles. The maximum Gasteiger partial charge on any atom is 0.150 e. The molecule has 1 heterocycles. The van der Waals surface area contributed by atoms with Crippen LogP contribution in [0.5, 0.6) is 5.75 Å². The van der Waals surface area contributed by atoms with E-state index >= 15 is 0 Å². The van der Waals surface area contributed by atoms with Crippen LogP contribution in [0, 0.1) is 0 Å². The minimum Gasteiger partial charge on any atom is -0.491 e. The summed E-state index contributed by atoms with van der Waals surface area (Å²) in [5, 5.41) is 0. The summed E-state index contributed by atoms with van der Waals surface area (Å²) < 4.78 is 11.9. The number of thioether (sulfide) groups is 1. The van der Waals surface area contributed by atoms with Crippen LogP contribution >= 0.6 is 11.8 Å². The molecule has 3 heteroatoms. The summed E-state index contributed by atoms with van der Waals surface area (Å²) >= 11 is 1.75. The van der Waals surface area contributed by atoms with Crippen molar-refractivity contribution in [3.05, 3.63) is 72.2 Å². The van der Waals surface area contributed by atoms with Crippen molar-refractivity contribution in [2.75, 3.05) is 6.26 Å². The molecular weight excluding hydrogens is 292 g/mol. The summed E-state index contributed by atoms with van der Waals surface area (Å²) in [4.78, 5) is 1.26. The van der Waals surface area contributed by atoms with Crippen molar-refractivity contribution in [2.24, 2.45) is 0 Å². The molecule has 0 aliphatic carbocycles. The molecule has 1 unspecified atom stereocenters. The van der Waals surface area contributed by atoms with E-state index in [4.69, 9.17) is 9.47 Å². The van der Waals surface area contributed by atoms with Crippen LogP contribution in [0.2, 0.25) is 0 Å². The van der Waals surface area contributed by atoms with E-state index in [0.717, 1.165) is 11.5 Å². The van der Waals surface area contributed by atoms with Crippen molar-refractivity contribution in [3.8, 4) is 5.75 Å². The Balaban J connectivity index is 1.89. The number of benzene rings is 2. The third-order valence-electron chi connectivity index (χ3n) is 3.89. The molecule has 0 radical (unpaired) electrons. The molecule has 0 fully saturated rings. The highest BCUT2D eigenvalue weighted by Gasteiger charge is 2.41. The summed E-state index contributed by atoms with van der Waals surface area (Å²) in [7, 11) is 0. The van der Waals surface area contributed by atoms with E-state index in [9.17, 15) is 0 Å². The minimum atomic E-state index is -0.314. The molecule has 1 aliphatic heterocycles. The van der Waals surface area contributed by atoms with Crippen LogP contribution < -0.4 is 4.74 Å². The van der Waals surface area contributed by atoms with Gasteiger partial charge in [-0.1, -0.05) is 30.3 Å². The molecule has 3 rings (SSSR count). The van der Waals surface area contributed by atoms with E-state index in [1.807, 2.05) is 30.3 Å². The van der Waals surface area contributed by atoms with Crippen LogP contribution in [0.15, 0.2) is 71.5 Å². The van der Waals surface area contributed by atoms with Gasteiger partial charge in [0.2, 0.25) is 0 Å². The molecule has 0 bridgehead atoms. The van der Waals surface area contributed by atoms with Gasteiger partial charge in [0.05, 0.1) is 5.92 Å². The van der Waals surface area contributed by atoms with E-state index in [1.54, 1.807) is 18.0 Å². The molecule has 0 amide bonds. The Hall–Kier alpha value is -1.87. The smallest absolute Gasteiger partial charge is 0.150 e. The third kappa shape index (κ3) is 3.00. The fourth-order valence-electron chi connectivity index (χ4n) is 2.76. The number of hydrogen-bond donors (Lipinski definition) is 0. The Kier molecular flexibility index (Phi) is 4.16. The van der Waals surface area contributed by atoms with Crippen LogP contribution in [0.3, 0.4) is 0 Å². The second kappa shape index (κ2) is 6.09. The van der Waals surface area contributed by atoms with E-state index in [1.165, 1.54) is 10.5 Å². The lowest BCUT2D eigenvalue weighted by atomic mass is 9.84. The third-order valence-corrected chi connectivity index (χ3v) is 4.63. The molecule has 0 N–H and O–H groups in total. The first-order valence-corrected chi connectivity index (χ1v) is 8.57. The van der Waals surface area contributed by atoms with Crippen molar-refractivity contribution in [1.82, 2.24) is 0 Å². The molecule has 2 nitrogen and oxygen atoms in total. The second-order valence-corrected chi connectivity index (χ2v) is 6.74. The zero-order valence-electron chi connectivity index (χ0n) is 13.1. The predicted molar refractivity (Wildman–Crippen MR) is 91.3 cm³/mol. The number of ether oxygens (including phenoxy) is 2. The van der Waals surface area contributed by atoms with Gasteiger partial charge >= 0.3 is 0 Å². The highest BCUT2D eigenvalue weighted by atomic mass is 32.2. The van der Waals surface area contributed by atoms with Crippen LogP contribution in [0.1, 0.15) is 25.3 Å². The van der Waals surface area contributed by atoms with Gasteiger partial charge in [0, 0.05) is 4.90 Å². The van der Waals surface area contributed by atoms with Crippen LogP contribution in [0.25, 0.3) is 0 Å². The SMILES string of the molecule is CSc1ccc(C2C(Oc3ccccc3)=COC2(C)C)cc1. The predicted octanol–water partition coefficient (Wildman–Crippen LogP) is 5.22. The van der Waals surface area contributed by atoms with Crippen molar-refractivity contribution < 1.29 is 9.47 Å².